The van der Waals surface area contributed by atoms with E-state index in [1.807, 2.05) is 13.8 Å². The molecule has 1 unspecified atom stereocenters. The average Bonchev–Trinajstić information content (AvgIpc) is 2.28. The molecule has 0 saturated heterocycles. The van der Waals surface area contributed by atoms with Gasteiger partial charge >= 0.3 is 6.18 Å². The fourth-order valence-corrected chi connectivity index (χ4v) is 1.78. The molecule has 100 valence electrons. The van der Waals surface area contributed by atoms with Gasteiger partial charge in [-0.15, -0.1) is 0 Å². The van der Waals surface area contributed by atoms with Crippen LogP contribution >= 0.6 is 0 Å². The van der Waals surface area contributed by atoms with Gasteiger partial charge < -0.3 is 0 Å². The second kappa shape index (κ2) is 6.03. The van der Waals surface area contributed by atoms with Crippen LogP contribution in [0.15, 0.2) is 24.3 Å². The molecule has 0 aliphatic rings. The number of hydrogen-bond acceptors (Lipinski definition) is 1. The molecule has 0 aliphatic heterocycles. The summed E-state index contributed by atoms with van der Waals surface area (Å²) in [5.74, 6) is 0.0499. The van der Waals surface area contributed by atoms with E-state index >= 15 is 0 Å². The lowest BCUT2D eigenvalue weighted by Gasteiger charge is -2.10. The first-order valence-electron chi connectivity index (χ1n) is 6.03. The zero-order valence-electron chi connectivity index (χ0n) is 10.6. The van der Waals surface area contributed by atoms with Gasteiger partial charge in [0.25, 0.3) is 0 Å². The molecule has 1 rings (SSSR count). The van der Waals surface area contributed by atoms with Gasteiger partial charge in [0.15, 0.2) is 0 Å². The van der Waals surface area contributed by atoms with E-state index in [4.69, 9.17) is 0 Å². The van der Waals surface area contributed by atoms with Gasteiger partial charge in [-0.25, -0.2) is 0 Å². The summed E-state index contributed by atoms with van der Waals surface area (Å²) in [6.07, 6.45) is -2.36. The fraction of sp³-hybridized carbons (Fsp3) is 0.500. The maximum absolute atomic E-state index is 12.3. The highest BCUT2D eigenvalue weighted by molar-refractivity contribution is 5.82. The molecule has 0 aromatic heterocycles. The van der Waals surface area contributed by atoms with Crippen molar-refractivity contribution in [2.24, 2.45) is 5.92 Å². The monoisotopic (exact) mass is 258 g/mol. The second-order valence-electron chi connectivity index (χ2n) is 4.53. The smallest absolute Gasteiger partial charge is 0.299 e. The van der Waals surface area contributed by atoms with Crippen molar-refractivity contribution in [1.29, 1.82) is 0 Å². The van der Waals surface area contributed by atoms with E-state index in [1.165, 1.54) is 12.1 Å². The minimum Gasteiger partial charge on any atom is -0.299 e. The van der Waals surface area contributed by atoms with Crippen LogP contribution in [-0.2, 0) is 17.4 Å². The van der Waals surface area contributed by atoms with Crippen LogP contribution in [0.3, 0.4) is 0 Å². The van der Waals surface area contributed by atoms with E-state index in [2.05, 4.69) is 0 Å². The fourth-order valence-electron chi connectivity index (χ4n) is 1.78. The largest absolute Gasteiger partial charge is 0.416 e. The molecule has 0 N–H and O–H groups in total. The number of rotatable bonds is 5. The summed E-state index contributed by atoms with van der Waals surface area (Å²) in [6.45, 7) is 3.86. The molecule has 0 saturated carbocycles. The first-order chi connectivity index (χ1) is 8.34. The van der Waals surface area contributed by atoms with Gasteiger partial charge in [0.05, 0.1) is 5.56 Å². The van der Waals surface area contributed by atoms with E-state index in [9.17, 15) is 18.0 Å². The average molecular weight is 258 g/mol. The molecule has 0 spiro atoms. The van der Waals surface area contributed by atoms with Crippen molar-refractivity contribution in [2.75, 3.05) is 0 Å². The highest BCUT2D eigenvalue weighted by Crippen LogP contribution is 2.29. The topological polar surface area (TPSA) is 17.1 Å². The van der Waals surface area contributed by atoms with Crippen molar-refractivity contribution in [3.05, 3.63) is 35.4 Å². The molecule has 0 amide bonds. The zero-order valence-corrected chi connectivity index (χ0v) is 10.6. The van der Waals surface area contributed by atoms with E-state index in [0.717, 1.165) is 25.0 Å². The van der Waals surface area contributed by atoms with Gasteiger partial charge in [0.2, 0.25) is 0 Å². The Kier molecular flexibility index (Phi) is 4.93. The molecule has 0 fully saturated rings. The number of alkyl halides is 3. The summed E-state index contributed by atoms with van der Waals surface area (Å²) >= 11 is 0. The van der Waals surface area contributed by atoms with E-state index < -0.39 is 11.7 Å². The first kappa shape index (κ1) is 14.7. The Morgan fingerprint density at radius 1 is 1.22 bits per heavy atom. The minimum atomic E-state index is -4.32. The lowest BCUT2D eigenvalue weighted by Crippen LogP contribution is -2.13. The van der Waals surface area contributed by atoms with Crippen LogP contribution in [0.5, 0.6) is 0 Å². The molecule has 1 aromatic rings. The molecule has 0 radical (unpaired) electrons. The van der Waals surface area contributed by atoms with Crippen LogP contribution < -0.4 is 0 Å². The number of halogens is 3. The van der Waals surface area contributed by atoms with Crippen molar-refractivity contribution in [3.8, 4) is 0 Å². The molecular formula is C14H17F3O. The molecule has 18 heavy (non-hydrogen) atoms. The van der Waals surface area contributed by atoms with Crippen molar-refractivity contribution >= 4 is 5.78 Å². The van der Waals surface area contributed by atoms with Gasteiger partial charge in [-0.1, -0.05) is 32.4 Å². The molecule has 4 heteroatoms. The zero-order chi connectivity index (χ0) is 13.8. The van der Waals surface area contributed by atoms with Crippen LogP contribution in [0.1, 0.15) is 37.8 Å². The predicted octanol–water partition coefficient (Wildman–Crippen LogP) is 4.25. The third-order valence-corrected chi connectivity index (χ3v) is 2.93. The summed E-state index contributed by atoms with van der Waals surface area (Å²) in [4.78, 5) is 11.8. The number of benzene rings is 1. The third kappa shape index (κ3) is 4.17. The van der Waals surface area contributed by atoms with Crippen molar-refractivity contribution in [2.45, 2.75) is 39.3 Å². The van der Waals surface area contributed by atoms with E-state index in [-0.39, 0.29) is 18.1 Å². The Hall–Kier alpha value is -1.32. The standard InChI is InChI=1S/C14H17F3O/c1-3-4-10(2)13(18)9-11-5-7-12(8-6-11)14(15,16)17/h5-8,10H,3-4,9H2,1-2H3. The summed E-state index contributed by atoms with van der Waals surface area (Å²) in [7, 11) is 0. The van der Waals surface area contributed by atoms with E-state index in [0.29, 0.717) is 5.56 Å². The number of hydrogen-bond donors (Lipinski definition) is 0. The van der Waals surface area contributed by atoms with Gasteiger partial charge in [-0.3, -0.25) is 4.79 Å². The first-order valence-corrected chi connectivity index (χ1v) is 6.03. The molecule has 1 atom stereocenters. The number of carbonyl (C=O) groups excluding carboxylic acids is 1. The van der Waals surface area contributed by atoms with Crippen LogP contribution in [-0.4, -0.2) is 5.78 Å². The highest BCUT2D eigenvalue weighted by Gasteiger charge is 2.30. The highest BCUT2D eigenvalue weighted by atomic mass is 19.4. The van der Waals surface area contributed by atoms with E-state index in [1.54, 1.807) is 0 Å². The maximum atomic E-state index is 12.3. The van der Waals surface area contributed by atoms with Crippen LogP contribution in [0.2, 0.25) is 0 Å². The Balaban J connectivity index is 2.67. The molecule has 1 aromatic carbocycles. The minimum absolute atomic E-state index is 0.0303. The number of ketones is 1. The molecular weight excluding hydrogens is 241 g/mol. The van der Waals surface area contributed by atoms with Gasteiger partial charge in [-0.2, -0.15) is 13.2 Å². The van der Waals surface area contributed by atoms with Gasteiger partial charge in [0.1, 0.15) is 5.78 Å². The SMILES string of the molecule is CCCC(C)C(=O)Cc1ccc(C(F)(F)F)cc1. The Bertz CT molecular complexity index is 392. The normalized spacial score (nSPS) is 13.4. The predicted molar refractivity (Wildman–Crippen MR) is 64.2 cm³/mol. The van der Waals surface area contributed by atoms with Gasteiger partial charge in [-0.05, 0) is 24.1 Å². The Labute approximate surface area is 105 Å². The molecule has 1 nitrogen and oxygen atoms in total. The lowest BCUT2D eigenvalue weighted by molar-refractivity contribution is -0.137. The summed E-state index contributed by atoms with van der Waals surface area (Å²) in [6, 6.07) is 4.79. The summed E-state index contributed by atoms with van der Waals surface area (Å²) < 4.78 is 37.0. The summed E-state index contributed by atoms with van der Waals surface area (Å²) in [5, 5.41) is 0. The van der Waals surface area contributed by atoms with Crippen molar-refractivity contribution in [3.63, 3.8) is 0 Å². The molecule has 0 aliphatic carbocycles. The Morgan fingerprint density at radius 2 is 1.78 bits per heavy atom. The molecule has 0 heterocycles. The van der Waals surface area contributed by atoms with Gasteiger partial charge in [0, 0.05) is 12.3 Å². The second-order valence-corrected chi connectivity index (χ2v) is 4.53. The number of carbonyl (C=O) groups is 1. The Morgan fingerprint density at radius 3 is 2.22 bits per heavy atom. The maximum Gasteiger partial charge on any atom is 0.416 e. The summed E-state index contributed by atoms with van der Waals surface area (Å²) in [5.41, 5.74) is -0.0451. The van der Waals surface area contributed by atoms with Crippen molar-refractivity contribution < 1.29 is 18.0 Å². The van der Waals surface area contributed by atoms with Crippen LogP contribution in [0.4, 0.5) is 13.2 Å². The molecule has 0 bridgehead atoms. The third-order valence-electron chi connectivity index (χ3n) is 2.93. The van der Waals surface area contributed by atoms with Crippen molar-refractivity contribution in [1.82, 2.24) is 0 Å². The van der Waals surface area contributed by atoms with Crippen LogP contribution in [0, 0.1) is 5.92 Å². The van der Waals surface area contributed by atoms with Crippen LogP contribution in [0.25, 0.3) is 0 Å². The number of Topliss-reactive ketones (excluding diaryl/α,β-unsaturated/α-hetero) is 1. The lowest BCUT2D eigenvalue weighted by atomic mass is 9.95. The quantitative estimate of drug-likeness (QED) is 0.771.